The molecule has 0 bridgehead atoms. The van der Waals surface area contributed by atoms with Crippen LogP contribution in [0.5, 0.6) is 0 Å². The van der Waals surface area contributed by atoms with E-state index in [4.69, 9.17) is 0 Å². The SMILES string of the molecule is Cc1cc(C)c(CNCC2CCCC(O)C2)c(C)c1. The first-order valence-electron chi connectivity index (χ1n) is 7.51. The van der Waals surface area contributed by atoms with E-state index in [0.29, 0.717) is 5.92 Å². The lowest BCUT2D eigenvalue weighted by Gasteiger charge is -2.26. The molecule has 0 heterocycles. The van der Waals surface area contributed by atoms with Gasteiger partial charge in [-0.1, -0.05) is 24.1 Å². The standard InChI is InChI=1S/C17H27NO/c1-12-7-13(2)17(14(3)8-12)11-18-10-15-5-4-6-16(19)9-15/h7-8,15-16,18-19H,4-6,9-11H2,1-3H3. The van der Waals surface area contributed by atoms with E-state index >= 15 is 0 Å². The Morgan fingerprint density at radius 2 is 1.84 bits per heavy atom. The van der Waals surface area contributed by atoms with Crippen molar-refractivity contribution in [1.82, 2.24) is 5.32 Å². The highest BCUT2D eigenvalue weighted by molar-refractivity contribution is 5.37. The van der Waals surface area contributed by atoms with Crippen molar-refractivity contribution in [3.8, 4) is 0 Å². The monoisotopic (exact) mass is 261 g/mol. The molecule has 1 aromatic carbocycles. The molecule has 2 N–H and O–H groups in total. The second kappa shape index (κ2) is 6.53. The number of hydrogen-bond acceptors (Lipinski definition) is 2. The summed E-state index contributed by atoms with van der Waals surface area (Å²) in [6, 6.07) is 4.52. The van der Waals surface area contributed by atoms with E-state index in [1.54, 1.807) is 0 Å². The number of benzene rings is 1. The molecular formula is C17H27NO. The molecule has 1 fully saturated rings. The minimum Gasteiger partial charge on any atom is -0.393 e. The zero-order valence-corrected chi connectivity index (χ0v) is 12.5. The first-order chi connectivity index (χ1) is 9.06. The zero-order chi connectivity index (χ0) is 13.8. The molecule has 0 aromatic heterocycles. The van der Waals surface area contributed by atoms with Crippen LogP contribution in [0.2, 0.25) is 0 Å². The predicted molar refractivity (Wildman–Crippen MR) is 80.3 cm³/mol. The number of rotatable bonds is 4. The van der Waals surface area contributed by atoms with Gasteiger partial charge in [-0.2, -0.15) is 0 Å². The van der Waals surface area contributed by atoms with E-state index in [2.05, 4.69) is 38.2 Å². The highest BCUT2D eigenvalue weighted by Crippen LogP contribution is 2.23. The summed E-state index contributed by atoms with van der Waals surface area (Å²) in [7, 11) is 0. The summed E-state index contributed by atoms with van der Waals surface area (Å²) in [4.78, 5) is 0. The van der Waals surface area contributed by atoms with Crippen LogP contribution >= 0.6 is 0 Å². The Morgan fingerprint density at radius 1 is 1.16 bits per heavy atom. The van der Waals surface area contributed by atoms with Gasteiger partial charge in [0, 0.05) is 6.54 Å². The van der Waals surface area contributed by atoms with Gasteiger partial charge in [-0.3, -0.25) is 0 Å². The molecule has 2 unspecified atom stereocenters. The Kier molecular flexibility index (Phi) is 5.00. The van der Waals surface area contributed by atoms with Crippen molar-refractivity contribution in [2.45, 2.75) is 59.1 Å². The van der Waals surface area contributed by atoms with E-state index in [0.717, 1.165) is 25.9 Å². The Bertz CT molecular complexity index is 404. The van der Waals surface area contributed by atoms with Crippen LogP contribution in [0.1, 0.15) is 47.9 Å². The Balaban J connectivity index is 1.85. The van der Waals surface area contributed by atoms with Crippen LogP contribution < -0.4 is 5.32 Å². The van der Waals surface area contributed by atoms with Crippen molar-refractivity contribution in [3.05, 3.63) is 34.4 Å². The van der Waals surface area contributed by atoms with E-state index in [-0.39, 0.29) is 6.10 Å². The molecule has 2 atom stereocenters. The first-order valence-corrected chi connectivity index (χ1v) is 7.51. The number of aliphatic hydroxyl groups excluding tert-OH is 1. The fourth-order valence-electron chi connectivity index (χ4n) is 3.34. The molecule has 2 rings (SSSR count). The molecule has 1 aromatic rings. The number of aryl methyl sites for hydroxylation is 3. The average molecular weight is 261 g/mol. The van der Waals surface area contributed by atoms with Crippen LogP contribution in [-0.2, 0) is 6.54 Å². The third-order valence-electron chi connectivity index (χ3n) is 4.33. The summed E-state index contributed by atoms with van der Waals surface area (Å²) in [5.41, 5.74) is 5.54. The molecule has 2 nitrogen and oxygen atoms in total. The van der Waals surface area contributed by atoms with Gasteiger partial charge < -0.3 is 10.4 Å². The van der Waals surface area contributed by atoms with Crippen LogP contribution in [0.4, 0.5) is 0 Å². The van der Waals surface area contributed by atoms with Gasteiger partial charge in [0.15, 0.2) is 0 Å². The smallest absolute Gasteiger partial charge is 0.0543 e. The van der Waals surface area contributed by atoms with Crippen molar-refractivity contribution in [2.75, 3.05) is 6.54 Å². The van der Waals surface area contributed by atoms with E-state index in [1.807, 2.05) is 0 Å². The average Bonchev–Trinajstić information content (AvgIpc) is 2.32. The molecular weight excluding hydrogens is 234 g/mol. The molecule has 2 heteroatoms. The molecule has 0 radical (unpaired) electrons. The van der Waals surface area contributed by atoms with Crippen LogP contribution in [0.15, 0.2) is 12.1 Å². The largest absolute Gasteiger partial charge is 0.393 e. The fourth-order valence-corrected chi connectivity index (χ4v) is 3.34. The maximum atomic E-state index is 9.69. The first kappa shape index (κ1) is 14.5. The van der Waals surface area contributed by atoms with E-state index < -0.39 is 0 Å². The Morgan fingerprint density at radius 3 is 2.47 bits per heavy atom. The van der Waals surface area contributed by atoms with Gasteiger partial charge >= 0.3 is 0 Å². The van der Waals surface area contributed by atoms with Gasteiger partial charge in [-0.05, 0) is 69.2 Å². The minimum absolute atomic E-state index is 0.0663. The molecule has 0 spiro atoms. The van der Waals surface area contributed by atoms with E-state index in [1.165, 1.54) is 35.1 Å². The van der Waals surface area contributed by atoms with Crippen molar-refractivity contribution >= 4 is 0 Å². The van der Waals surface area contributed by atoms with Gasteiger partial charge in [0.1, 0.15) is 0 Å². The number of aliphatic hydroxyl groups is 1. The Labute approximate surface area is 117 Å². The quantitative estimate of drug-likeness (QED) is 0.872. The highest BCUT2D eigenvalue weighted by atomic mass is 16.3. The number of nitrogens with one attached hydrogen (secondary N) is 1. The lowest BCUT2D eigenvalue weighted by Crippen LogP contribution is -2.29. The van der Waals surface area contributed by atoms with Gasteiger partial charge in [0.05, 0.1) is 6.10 Å². The summed E-state index contributed by atoms with van der Waals surface area (Å²) in [6.45, 7) is 8.53. The van der Waals surface area contributed by atoms with Crippen molar-refractivity contribution < 1.29 is 5.11 Å². The zero-order valence-electron chi connectivity index (χ0n) is 12.5. The van der Waals surface area contributed by atoms with Crippen molar-refractivity contribution in [1.29, 1.82) is 0 Å². The summed E-state index contributed by atoms with van der Waals surface area (Å²) < 4.78 is 0. The van der Waals surface area contributed by atoms with Crippen LogP contribution in [0, 0.1) is 26.7 Å². The van der Waals surface area contributed by atoms with Gasteiger partial charge in [-0.25, -0.2) is 0 Å². The number of hydrogen-bond donors (Lipinski definition) is 2. The molecule has 0 saturated heterocycles. The maximum Gasteiger partial charge on any atom is 0.0543 e. The van der Waals surface area contributed by atoms with E-state index in [9.17, 15) is 5.11 Å². The molecule has 0 amide bonds. The van der Waals surface area contributed by atoms with Gasteiger partial charge in [0.2, 0.25) is 0 Å². The molecule has 106 valence electrons. The van der Waals surface area contributed by atoms with Crippen LogP contribution in [-0.4, -0.2) is 17.8 Å². The van der Waals surface area contributed by atoms with Crippen LogP contribution in [0.25, 0.3) is 0 Å². The highest BCUT2D eigenvalue weighted by Gasteiger charge is 2.19. The lowest BCUT2D eigenvalue weighted by atomic mass is 9.87. The second-order valence-corrected chi connectivity index (χ2v) is 6.19. The molecule has 0 aliphatic heterocycles. The molecule has 1 saturated carbocycles. The van der Waals surface area contributed by atoms with Gasteiger partial charge in [0.25, 0.3) is 0 Å². The Hall–Kier alpha value is -0.860. The normalized spacial score (nSPS) is 23.6. The molecule has 19 heavy (non-hydrogen) atoms. The maximum absolute atomic E-state index is 9.69. The van der Waals surface area contributed by atoms with Crippen molar-refractivity contribution in [3.63, 3.8) is 0 Å². The van der Waals surface area contributed by atoms with Crippen molar-refractivity contribution in [2.24, 2.45) is 5.92 Å². The van der Waals surface area contributed by atoms with Gasteiger partial charge in [-0.15, -0.1) is 0 Å². The third kappa shape index (κ3) is 4.05. The molecule has 1 aliphatic carbocycles. The third-order valence-corrected chi connectivity index (χ3v) is 4.33. The summed E-state index contributed by atoms with van der Waals surface area (Å²) in [6.07, 6.45) is 4.33. The summed E-state index contributed by atoms with van der Waals surface area (Å²) >= 11 is 0. The fraction of sp³-hybridized carbons (Fsp3) is 0.647. The lowest BCUT2D eigenvalue weighted by molar-refractivity contribution is 0.101. The summed E-state index contributed by atoms with van der Waals surface area (Å²) in [5, 5.41) is 13.3. The predicted octanol–water partition coefficient (Wildman–Crippen LogP) is 3.25. The topological polar surface area (TPSA) is 32.3 Å². The minimum atomic E-state index is -0.0663. The second-order valence-electron chi connectivity index (χ2n) is 6.19. The summed E-state index contributed by atoms with van der Waals surface area (Å²) in [5.74, 6) is 0.648. The molecule has 1 aliphatic rings. The van der Waals surface area contributed by atoms with Crippen LogP contribution in [0.3, 0.4) is 0 Å².